The van der Waals surface area contributed by atoms with Crippen LogP contribution < -0.4 is 16.0 Å². The number of aliphatic hydroxyl groups excluding tert-OH is 1. The van der Waals surface area contributed by atoms with Gasteiger partial charge in [0.25, 0.3) is 0 Å². The second-order valence-corrected chi connectivity index (χ2v) is 6.62. The molecule has 0 unspecified atom stereocenters. The van der Waals surface area contributed by atoms with Crippen LogP contribution in [-0.2, 0) is 13.8 Å². The van der Waals surface area contributed by atoms with Gasteiger partial charge < -0.3 is 25.8 Å². The van der Waals surface area contributed by atoms with Crippen molar-refractivity contribution in [3.05, 3.63) is 6.33 Å². The fourth-order valence-electron chi connectivity index (χ4n) is 2.83. The van der Waals surface area contributed by atoms with Crippen LogP contribution >= 0.6 is 8.17 Å². The summed E-state index contributed by atoms with van der Waals surface area (Å²) in [4.78, 5) is 28.7. The molecule has 4 rings (SSSR count). The summed E-state index contributed by atoms with van der Waals surface area (Å²) in [5.41, 5.74) is 6.34. The van der Waals surface area contributed by atoms with E-state index in [-0.39, 0.29) is 6.61 Å². The van der Waals surface area contributed by atoms with Gasteiger partial charge in [0.2, 0.25) is 0 Å². The molecule has 4 atom stereocenters. The molecule has 0 amide bonds. The van der Waals surface area contributed by atoms with Crippen LogP contribution in [0.3, 0.4) is 0 Å². The summed E-state index contributed by atoms with van der Waals surface area (Å²) < 4.78 is 15.6. The van der Waals surface area contributed by atoms with Gasteiger partial charge in [-0.2, -0.15) is 14.3 Å². The Bertz CT molecular complexity index is 605. The van der Waals surface area contributed by atoms with E-state index in [0.29, 0.717) is 24.0 Å². The normalized spacial score (nSPS) is 35.9. The van der Waals surface area contributed by atoms with Crippen molar-refractivity contribution in [3.8, 4) is 0 Å². The maximum Gasteiger partial charge on any atom is 0.570 e. The van der Waals surface area contributed by atoms with Crippen molar-refractivity contribution in [1.29, 1.82) is 0 Å². The minimum Gasteiger partial charge on any atom is -0.385 e. The molecule has 0 spiro atoms. The standard InChI is InChI=1S/C10H15N5O6P/c11-8-5-9(13-2-12-8)15(3-14-5)10-6(16)7-4(20-10)1-19-22(17,18)21-7/h2,4,6-7,10,14,16-18H,1,3H2,(H2,11,12,13)/q+1/t4-,6+,7+,10-/m1/s1. The first-order valence-electron chi connectivity index (χ1n) is 6.58. The number of aliphatic hydroxyl groups is 1. The van der Waals surface area contributed by atoms with E-state index >= 15 is 0 Å². The molecule has 0 saturated carbocycles. The quantitative estimate of drug-likeness (QED) is 0.378. The molecule has 2 fully saturated rings. The average Bonchev–Trinajstić information content (AvgIpc) is 3.01. The summed E-state index contributed by atoms with van der Waals surface area (Å²) in [6.07, 6.45) is -2.04. The molecule has 1 aromatic heterocycles. The highest BCUT2D eigenvalue weighted by atomic mass is 31.2. The number of nitrogens with zero attached hydrogens (tertiary/aromatic N) is 3. The first-order chi connectivity index (χ1) is 10.5. The number of hydrogen-bond acceptors (Lipinski definition) is 11. The van der Waals surface area contributed by atoms with Crippen LogP contribution in [0.5, 0.6) is 0 Å². The lowest BCUT2D eigenvalue weighted by Gasteiger charge is -2.26. The molecule has 22 heavy (non-hydrogen) atoms. The molecule has 3 aliphatic heterocycles. The zero-order valence-electron chi connectivity index (χ0n) is 11.2. The molecule has 2 saturated heterocycles. The number of nitrogens with two attached hydrogens (primary N) is 1. The molecule has 0 radical (unpaired) electrons. The average molecular weight is 332 g/mol. The molecule has 3 aliphatic rings. The minimum atomic E-state index is -3.90. The molecular weight excluding hydrogens is 317 g/mol. The fourth-order valence-corrected chi connectivity index (χ4v) is 3.81. The third kappa shape index (κ3) is 2.10. The van der Waals surface area contributed by atoms with E-state index in [9.17, 15) is 14.9 Å². The highest BCUT2D eigenvalue weighted by molar-refractivity contribution is 7.54. The van der Waals surface area contributed by atoms with Crippen molar-refractivity contribution in [2.75, 3.05) is 29.2 Å². The molecule has 6 N–H and O–H groups in total. The van der Waals surface area contributed by atoms with Gasteiger partial charge >= 0.3 is 8.17 Å². The van der Waals surface area contributed by atoms with E-state index in [4.69, 9.17) is 19.5 Å². The summed E-state index contributed by atoms with van der Waals surface area (Å²) in [6, 6.07) is 0. The topological polar surface area (TPSA) is 155 Å². The molecule has 1 aromatic rings. The third-order valence-corrected chi connectivity index (χ3v) is 4.84. The Morgan fingerprint density at radius 1 is 1.41 bits per heavy atom. The van der Waals surface area contributed by atoms with Crippen LogP contribution in [0.25, 0.3) is 0 Å². The number of anilines is 3. The number of fused-ring (bicyclic) bond motifs is 2. The lowest BCUT2D eigenvalue weighted by molar-refractivity contribution is -0.0660. The maximum atomic E-state index is 10.4. The first-order valence-corrected chi connectivity index (χ1v) is 8.11. The Labute approximate surface area is 125 Å². The molecule has 11 nitrogen and oxygen atoms in total. The molecule has 0 aliphatic carbocycles. The summed E-state index contributed by atoms with van der Waals surface area (Å²) >= 11 is 0. The van der Waals surface area contributed by atoms with Crippen LogP contribution in [0, 0.1) is 0 Å². The van der Waals surface area contributed by atoms with Crippen LogP contribution in [0.1, 0.15) is 0 Å². The highest BCUT2D eigenvalue weighted by Crippen LogP contribution is 2.58. The van der Waals surface area contributed by atoms with E-state index in [1.807, 2.05) is 0 Å². The molecule has 120 valence electrons. The largest absolute Gasteiger partial charge is 0.570 e. The monoisotopic (exact) mass is 332 g/mol. The van der Waals surface area contributed by atoms with Gasteiger partial charge in [-0.05, 0) is 0 Å². The predicted molar refractivity (Wildman–Crippen MR) is 74.3 cm³/mol. The van der Waals surface area contributed by atoms with Crippen LogP contribution in [0.15, 0.2) is 6.33 Å². The van der Waals surface area contributed by atoms with Gasteiger partial charge in [0.05, 0.1) is 6.67 Å². The van der Waals surface area contributed by atoms with Crippen LogP contribution in [-0.4, -0.2) is 62.7 Å². The number of nitrogens with one attached hydrogen (secondary N) is 1. The molecule has 12 heteroatoms. The van der Waals surface area contributed by atoms with Crippen molar-refractivity contribution >= 4 is 25.5 Å². The summed E-state index contributed by atoms with van der Waals surface area (Å²) in [7, 11) is -3.90. The Morgan fingerprint density at radius 2 is 2.23 bits per heavy atom. The Morgan fingerprint density at radius 3 is 3.05 bits per heavy atom. The highest BCUT2D eigenvalue weighted by Gasteiger charge is 2.60. The number of rotatable bonds is 1. The van der Waals surface area contributed by atoms with Gasteiger partial charge in [-0.3, -0.25) is 0 Å². The van der Waals surface area contributed by atoms with Gasteiger partial charge in [-0.1, -0.05) is 0 Å². The summed E-state index contributed by atoms with van der Waals surface area (Å²) in [6.45, 7) is 0.248. The van der Waals surface area contributed by atoms with Gasteiger partial charge in [-0.25, -0.2) is 9.97 Å². The molecular formula is C10H15N5O6P+. The number of aromatic nitrogens is 2. The van der Waals surface area contributed by atoms with E-state index in [1.54, 1.807) is 4.90 Å². The van der Waals surface area contributed by atoms with Crippen LogP contribution in [0.4, 0.5) is 17.3 Å². The molecule has 4 heterocycles. The van der Waals surface area contributed by atoms with Crippen molar-refractivity contribution in [1.82, 2.24) is 9.97 Å². The zero-order valence-corrected chi connectivity index (χ0v) is 12.1. The van der Waals surface area contributed by atoms with Crippen molar-refractivity contribution in [3.63, 3.8) is 0 Å². The van der Waals surface area contributed by atoms with Crippen molar-refractivity contribution in [2.45, 2.75) is 24.5 Å². The fraction of sp³-hybridized carbons (Fsp3) is 0.600. The molecule has 0 bridgehead atoms. The Hall–Kier alpha value is -1.33. The van der Waals surface area contributed by atoms with E-state index in [1.165, 1.54) is 6.33 Å². The van der Waals surface area contributed by atoms with E-state index in [0.717, 1.165) is 0 Å². The smallest absolute Gasteiger partial charge is 0.385 e. The lowest BCUT2D eigenvalue weighted by Crippen LogP contribution is -2.45. The lowest BCUT2D eigenvalue weighted by atomic mass is 10.1. The van der Waals surface area contributed by atoms with E-state index in [2.05, 4.69) is 15.3 Å². The van der Waals surface area contributed by atoms with Crippen LogP contribution in [0.2, 0.25) is 0 Å². The van der Waals surface area contributed by atoms with Gasteiger partial charge in [0, 0.05) is 0 Å². The van der Waals surface area contributed by atoms with Gasteiger partial charge in [0.15, 0.2) is 24.0 Å². The number of nitrogen functional groups attached to an aromatic ring is 1. The third-order valence-electron chi connectivity index (χ3n) is 3.84. The molecule has 0 aromatic carbocycles. The zero-order chi connectivity index (χ0) is 15.5. The SMILES string of the molecule is Nc1ncnc2c1NCN2[C@@H]1O[C@@H]2CO[P+](O)(O)O[C@@H]2[C@@H]1O. The second-order valence-electron chi connectivity index (χ2n) is 5.17. The second kappa shape index (κ2) is 4.83. The van der Waals surface area contributed by atoms with Gasteiger partial charge in [0.1, 0.15) is 30.8 Å². The summed E-state index contributed by atoms with van der Waals surface area (Å²) in [5.74, 6) is 0.804. The minimum absolute atomic E-state index is 0.0704. The number of hydrogen-bond donors (Lipinski definition) is 5. The van der Waals surface area contributed by atoms with E-state index < -0.39 is 32.7 Å². The van der Waals surface area contributed by atoms with Crippen molar-refractivity contribution < 1.29 is 28.7 Å². The predicted octanol–water partition coefficient (Wildman–Crippen LogP) is -1.59. The Balaban J connectivity index is 1.60. The van der Waals surface area contributed by atoms with Gasteiger partial charge in [-0.15, -0.1) is 4.52 Å². The first kappa shape index (κ1) is 14.3. The van der Waals surface area contributed by atoms with Crippen molar-refractivity contribution in [2.24, 2.45) is 0 Å². The summed E-state index contributed by atoms with van der Waals surface area (Å²) in [5, 5.41) is 13.5. The Kier molecular flexibility index (Phi) is 3.13. The maximum absolute atomic E-state index is 10.4. The number of ether oxygens (including phenoxy) is 1.